The molecule has 4 heteroatoms. The van der Waals surface area contributed by atoms with E-state index < -0.39 is 0 Å². The molecule has 0 saturated heterocycles. The van der Waals surface area contributed by atoms with Crippen LogP contribution in [0.15, 0.2) is 72.8 Å². The van der Waals surface area contributed by atoms with E-state index in [9.17, 15) is 4.79 Å². The van der Waals surface area contributed by atoms with E-state index in [2.05, 4.69) is 41.2 Å². The van der Waals surface area contributed by atoms with Gasteiger partial charge in [0.15, 0.2) is 0 Å². The molecule has 0 bridgehead atoms. The Morgan fingerprint density at radius 3 is 2.44 bits per heavy atom. The van der Waals surface area contributed by atoms with Crippen LogP contribution in [0, 0.1) is 0 Å². The lowest BCUT2D eigenvalue weighted by Crippen LogP contribution is -2.37. The van der Waals surface area contributed by atoms with Crippen LogP contribution in [0.1, 0.15) is 17.5 Å². The van der Waals surface area contributed by atoms with Gasteiger partial charge in [0.25, 0.3) is 0 Å². The number of nitrogens with one attached hydrogen (secondary N) is 2. The van der Waals surface area contributed by atoms with Gasteiger partial charge >= 0.3 is 0 Å². The maximum atomic E-state index is 11.8. The van der Waals surface area contributed by atoms with Gasteiger partial charge in [-0.25, -0.2) is 5.43 Å². The molecule has 3 rings (SSSR count). The fourth-order valence-electron chi connectivity index (χ4n) is 2.59. The highest BCUT2D eigenvalue weighted by Crippen LogP contribution is 2.16. The Labute approximate surface area is 147 Å². The summed E-state index contributed by atoms with van der Waals surface area (Å²) in [5.74, 6) is -0.0746. The average Bonchev–Trinajstić information content (AvgIpc) is 2.66. The fraction of sp³-hybridized carbons (Fsp3) is 0.190. The lowest BCUT2D eigenvalue weighted by atomic mass is 10.1. The molecule has 0 atom stereocenters. The maximum Gasteiger partial charge on any atom is 0.236 e. The van der Waals surface area contributed by atoms with Crippen LogP contribution in [0.25, 0.3) is 10.8 Å². The van der Waals surface area contributed by atoms with Crippen molar-refractivity contribution in [2.45, 2.75) is 19.6 Å². The molecule has 128 valence electrons. The first kappa shape index (κ1) is 17.1. The molecule has 0 unspecified atom stereocenters. The fourth-order valence-corrected chi connectivity index (χ4v) is 2.59. The van der Waals surface area contributed by atoms with Crippen molar-refractivity contribution in [3.8, 4) is 0 Å². The molecule has 0 radical (unpaired) electrons. The van der Waals surface area contributed by atoms with Crippen molar-refractivity contribution < 1.29 is 9.53 Å². The average molecular weight is 334 g/mol. The minimum atomic E-state index is -0.0746. The van der Waals surface area contributed by atoms with Gasteiger partial charge in [0.1, 0.15) is 0 Å². The molecule has 25 heavy (non-hydrogen) atoms. The molecule has 0 aliphatic carbocycles. The largest absolute Gasteiger partial charge is 0.376 e. The van der Waals surface area contributed by atoms with Crippen molar-refractivity contribution in [2.24, 2.45) is 0 Å². The predicted octanol–water partition coefficient (Wildman–Crippen LogP) is 3.57. The first-order chi connectivity index (χ1) is 12.3. The highest BCUT2D eigenvalue weighted by atomic mass is 16.5. The van der Waals surface area contributed by atoms with Gasteiger partial charge in [-0.1, -0.05) is 66.7 Å². The van der Waals surface area contributed by atoms with Gasteiger partial charge in [0.2, 0.25) is 5.91 Å². The maximum absolute atomic E-state index is 11.8. The number of benzene rings is 3. The summed E-state index contributed by atoms with van der Waals surface area (Å²) in [6, 6.07) is 24.4. The van der Waals surface area contributed by atoms with E-state index in [1.54, 1.807) is 0 Å². The number of hydrazine groups is 1. The summed E-state index contributed by atoms with van der Waals surface area (Å²) in [6.07, 6.45) is 0.329. The normalized spacial score (nSPS) is 10.7. The molecule has 2 N–H and O–H groups in total. The van der Waals surface area contributed by atoms with Crippen LogP contribution >= 0.6 is 0 Å². The van der Waals surface area contributed by atoms with E-state index in [1.807, 2.05) is 42.5 Å². The third-order valence-electron chi connectivity index (χ3n) is 3.92. The lowest BCUT2D eigenvalue weighted by molar-refractivity contribution is -0.123. The van der Waals surface area contributed by atoms with Gasteiger partial charge in [0, 0.05) is 6.54 Å². The van der Waals surface area contributed by atoms with Crippen molar-refractivity contribution in [1.29, 1.82) is 0 Å². The highest BCUT2D eigenvalue weighted by molar-refractivity contribution is 5.82. The first-order valence-corrected chi connectivity index (χ1v) is 8.42. The van der Waals surface area contributed by atoms with E-state index in [-0.39, 0.29) is 5.91 Å². The molecule has 3 aromatic rings. The number of hydrogen-bond acceptors (Lipinski definition) is 3. The molecule has 1 amide bonds. The molecule has 3 aromatic carbocycles. The van der Waals surface area contributed by atoms with E-state index in [0.717, 1.165) is 11.1 Å². The van der Waals surface area contributed by atoms with Crippen LogP contribution in [0.2, 0.25) is 0 Å². The van der Waals surface area contributed by atoms with Crippen molar-refractivity contribution >= 4 is 16.7 Å². The summed E-state index contributed by atoms with van der Waals surface area (Å²) in [4.78, 5) is 11.8. The molecule has 0 heterocycles. The molecule has 0 saturated carbocycles. The number of carbonyl (C=O) groups is 1. The van der Waals surface area contributed by atoms with E-state index in [4.69, 9.17) is 4.74 Å². The van der Waals surface area contributed by atoms with Gasteiger partial charge in [-0.2, -0.15) is 0 Å². The number of ether oxygens (including phenoxy) is 1. The van der Waals surface area contributed by atoms with Crippen molar-refractivity contribution in [3.05, 3.63) is 83.9 Å². The Morgan fingerprint density at radius 1 is 0.840 bits per heavy atom. The Bertz CT molecular complexity index is 818. The minimum absolute atomic E-state index is 0.0746. The second kappa shape index (κ2) is 8.97. The SMILES string of the molecule is O=C(CCOCc1ccc2ccccc2c1)NNCc1ccccc1. The highest BCUT2D eigenvalue weighted by Gasteiger charge is 2.02. The molecule has 0 aliphatic rings. The molecule has 0 aromatic heterocycles. The second-order valence-corrected chi connectivity index (χ2v) is 5.87. The van der Waals surface area contributed by atoms with Crippen LogP contribution in [-0.2, 0) is 22.7 Å². The van der Waals surface area contributed by atoms with Crippen molar-refractivity contribution in [3.63, 3.8) is 0 Å². The van der Waals surface area contributed by atoms with Crippen LogP contribution in [0.3, 0.4) is 0 Å². The monoisotopic (exact) mass is 334 g/mol. The van der Waals surface area contributed by atoms with E-state index in [1.165, 1.54) is 10.8 Å². The number of hydrogen-bond donors (Lipinski definition) is 2. The van der Waals surface area contributed by atoms with Crippen LogP contribution < -0.4 is 10.9 Å². The summed E-state index contributed by atoms with van der Waals surface area (Å²) in [7, 11) is 0. The summed E-state index contributed by atoms with van der Waals surface area (Å²) < 4.78 is 5.62. The smallest absolute Gasteiger partial charge is 0.236 e. The Kier molecular flexibility index (Phi) is 6.15. The van der Waals surface area contributed by atoms with Gasteiger partial charge in [-0.3, -0.25) is 10.2 Å². The number of carbonyl (C=O) groups excluding carboxylic acids is 1. The molecule has 0 aliphatic heterocycles. The summed E-state index contributed by atoms with van der Waals surface area (Å²) in [5, 5.41) is 2.42. The van der Waals surface area contributed by atoms with E-state index in [0.29, 0.717) is 26.2 Å². The summed E-state index contributed by atoms with van der Waals surface area (Å²) in [6.45, 7) is 1.51. The Balaban J connectivity index is 1.34. The Hall–Kier alpha value is -2.69. The zero-order chi connectivity index (χ0) is 17.3. The van der Waals surface area contributed by atoms with Gasteiger partial charge in [-0.15, -0.1) is 0 Å². The topological polar surface area (TPSA) is 50.4 Å². The Morgan fingerprint density at radius 2 is 1.60 bits per heavy atom. The summed E-state index contributed by atoms with van der Waals surface area (Å²) in [5.41, 5.74) is 7.84. The summed E-state index contributed by atoms with van der Waals surface area (Å²) >= 11 is 0. The zero-order valence-corrected chi connectivity index (χ0v) is 14.1. The first-order valence-electron chi connectivity index (χ1n) is 8.42. The van der Waals surface area contributed by atoms with Crippen LogP contribution in [-0.4, -0.2) is 12.5 Å². The molecule has 4 nitrogen and oxygen atoms in total. The number of amides is 1. The second-order valence-electron chi connectivity index (χ2n) is 5.87. The van der Waals surface area contributed by atoms with Crippen molar-refractivity contribution in [1.82, 2.24) is 10.9 Å². The quantitative estimate of drug-likeness (QED) is 0.489. The lowest BCUT2D eigenvalue weighted by Gasteiger charge is -2.08. The minimum Gasteiger partial charge on any atom is -0.376 e. The van der Waals surface area contributed by atoms with Crippen LogP contribution in [0.4, 0.5) is 0 Å². The molecule has 0 spiro atoms. The molecule has 0 fully saturated rings. The standard InChI is InChI=1S/C21H22N2O2/c24-21(23-22-15-17-6-2-1-3-7-17)12-13-25-16-18-10-11-19-8-4-5-9-20(19)14-18/h1-11,14,22H,12-13,15-16H2,(H,23,24). The zero-order valence-electron chi connectivity index (χ0n) is 14.1. The molecular formula is C21H22N2O2. The van der Waals surface area contributed by atoms with Crippen LogP contribution in [0.5, 0.6) is 0 Å². The molecular weight excluding hydrogens is 312 g/mol. The third kappa shape index (κ3) is 5.41. The third-order valence-corrected chi connectivity index (χ3v) is 3.92. The number of rotatable bonds is 8. The van der Waals surface area contributed by atoms with Gasteiger partial charge in [0.05, 0.1) is 19.6 Å². The van der Waals surface area contributed by atoms with Gasteiger partial charge in [-0.05, 0) is 28.0 Å². The predicted molar refractivity (Wildman–Crippen MR) is 99.6 cm³/mol. The van der Waals surface area contributed by atoms with Gasteiger partial charge < -0.3 is 4.74 Å². The number of fused-ring (bicyclic) bond motifs is 1. The van der Waals surface area contributed by atoms with E-state index >= 15 is 0 Å². The van der Waals surface area contributed by atoms with Crippen molar-refractivity contribution in [2.75, 3.05) is 6.61 Å².